The topological polar surface area (TPSA) is 71.3 Å². The average molecular weight is 392 g/mol. The van der Waals surface area contributed by atoms with Gasteiger partial charge in [-0.05, 0) is 36.1 Å². The minimum Gasteiger partial charge on any atom is -0.490 e. The molecule has 0 bridgehead atoms. The summed E-state index contributed by atoms with van der Waals surface area (Å²) in [5, 5.41) is 14.0. The van der Waals surface area contributed by atoms with E-state index in [1.807, 2.05) is 54.8 Å². The second-order valence-electron chi connectivity index (χ2n) is 5.92. The van der Waals surface area contributed by atoms with Crippen molar-refractivity contribution in [3.8, 4) is 17.6 Å². The Labute approximate surface area is 168 Å². The zero-order valence-corrected chi connectivity index (χ0v) is 16.2. The van der Waals surface area contributed by atoms with Crippen LogP contribution in [-0.2, 0) is 4.79 Å². The lowest BCUT2D eigenvalue weighted by Crippen LogP contribution is -2.33. The van der Waals surface area contributed by atoms with Gasteiger partial charge in [0.25, 0.3) is 5.91 Å². The molecule has 6 heteroatoms. The van der Waals surface area contributed by atoms with Crippen molar-refractivity contribution in [2.75, 3.05) is 13.2 Å². The molecule has 3 rings (SSSR count). The quantitative estimate of drug-likeness (QED) is 0.620. The van der Waals surface area contributed by atoms with Gasteiger partial charge in [0.05, 0.1) is 24.3 Å². The Bertz CT molecular complexity index is 950. The summed E-state index contributed by atoms with van der Waals surface area (Å²) in [5.41, 5.74) is 1.48. The normalized spacial score (nSPS) is 11.3. The van der Waals surface area contributed by atoms with Crippen LogP contribution in [0, 0.1) is 11.3 Å². The molecule has 3 aromatic rings. The molecule has 0 fully saturated rings. The van der Waals surface area contributed by atoms with Crippen LogP contribution in [0.4, 0.5) is 0 Å². The number of nitrogens with one attached hydrogen (secondary N) is 1. The third-order valence-electron chi connectivity index (χ3n) is 4.00. The molecule has 28 heavy (non-hydrogen) atoms. The van der Waals surface area contributed by atoms with Gasteiger partial charge in [-0.15, -0.1) is 11.3 Å². The van der Waals surface area contributed by atoms with Crippen molar-refractivity contribution in [1.82, 2.24) is 5.32 Å². The maximum Gasteiger partial charge on any atom is 0.258 e. The second-order valence-corrected chi connectivity index (χ2v) is 6.90. The first kappa shape index (κ1) is 19.5. The standard InChI is InChI=1S/C22H20N2O3S/c1-2-26-19-13-16(14-23)10-11-18(19)27-15-21(25)24-22(20-9-6-12-28-20)17-7-4-3-5-8-17/h3-13,22H,2,15H2,1H3,(H,24,25)/t22-/m0/s1. The van der Waals surface area contributed by atoms with E-state index in [1.54, 1.807) is 29.5 Å². The van der Waals surface area contributed by atoms with Crippen LogP contribution in [-0.4, -0.2) is 19.1 Å². The van der Waals surface area contributed by atoms with E-state index >= 15 is 0 Å². The van der Waals surface area contributed by atoms with Crippen molar-refractivity contribution >= 4 is 17.2 Å². The summed E-state index contributed by atoms with van der Waals surface area (Å²) in [6.07, 6.45) is 0. The highest BCUT2D eigenvalue weighted by molar-refractivity contribution is 7.10. The van der Waals surface area contributed by atoms with Crippen molar-refractivity contribution in [1.29, 1.82) is 5.26 Å². The van der Waals surface area contributed by atoms with Crippen LogP contribution in [0.25, 0.3) is 0 Å². The van der Waals surface area contributed by atoms with E-state index in [0.29, 0.717) is 23.7 Å². The zero-order chi connectivity index (χ0) is 19.8. The van der Waals surface area contributed by atoms with E-state index in [1.165, 1.54) is 0 Å². The number of hydrogen-bond donors (Lipinski definition) is 1. The predicted molar refractivity (Wildman–Crippen MR) is 109 cm³/mol. The Morgan fingerprint density at radius 1 is 1.11 bits per heavy atom. The third-order valence-corrected chi connectivity index (χ3v) is 4.93. The second kappa shape index (κ2) is 9.58. The van der Waals surface area contributed by atoms with Crippen molar-refractivity contribution in [3.05, 3.63) is 82.0 Å². The Hall–Kier alpha value is -3.30. The number of ether oxygens (including phenoxy) is 2. The summed E-state index contributed by atoms with van der Waals surface area (Å²) >= 11 is 1.59. The number of carbonyl (C=O) groups excluding carboxylic acids is 1. The molecule has 0 aliphatic heterocycles. The molecule has 1 amide bonds. The number of benzene rings is 2. The van der Waals surface area contributed by atoms with Gasteiger partial charge in [0.1, 0.15) is 0 Å². The van der Waals surface area contributed by atoms with Gasteiger partial charge in [-0.3, -0.25) is 4.79 Å². The van der Waals surface area contributed by atoms with Crippen LogP contribution < -0.4 is 14.8 Å². The number of rotatable bonds is 8. The molecule has 5 nitrogen and oxygen atoms in total. The van der Waals surface area contributed by atoms with Gasteiger partial charge < -0.3 is 14.8 Å². The summed E-state index contributed by atoms with van der Waals surface area (Å²) in [5.74, 6) is 0.643. The summed E-state index contributed by atoms with van der Waals surface area (Å²) in [6, 6.07) is 20.5. The molecule has 2 aromatic carbocycles. The van der Waals surface area contributed by atoms with Gasteiger partial charge in [0.15, 0.2) is 18.1 Å². The highest BCUT2D eigenvalue weighted by atomic mass is 32.1. The Morgan fingerprint density at radius 2 is 1.93 bits per heavy atom. The van der Waals surface area contributed by atoms with Crippen LogP contribution in [0.1, 0.15) is 29.0 Å². The maximum absolute atomic E-state index is 12.6. The minimum absolute atomic E-state index is 0.152. The van der Waals surface area contributed by atoms with E-state index in [9.17, 15) is 4.79 Å². The van der Waals surface area contributed by atoms with E-state index in [0.717, 1.165) is 10.4 Å². The largest absolute Gasteiger partial charge is 0.490 e. The number of amides is 1. The van der Waals surface area contributed by atoms with Gasteiger partial charge in [0, 0.05) is 10.9 Å². The fourth-order valence-corrected chi connectivity index (χ4v) is 3.53. The molecule has 1 heterocycles. The lowest BCUT2D eigenvalue weighted by molar-refractivity contribution is -0.123. The summed E-state index contributed by atoms with van der Waals surface area (Å²) < 4.78 is 11.2. The molecule has 0 saturated heterocycles. The lowest BCUT2D eigenvalue weighted by Gasteiger charge is -2.19. The minimum atomic E-state index is -0.242. The van der Waals surface area contributed by atoms with Crippen molar-refractivity contribution in [2.45, 2.75) is 13.0 Å². The first-order chi connectivity index (χ1) is 13.7. The number of nitrogens with zero attached hydrogens (tertiary/aromatic N) is 1. The Kier molecular flexibility index (Phi) is 6.66. The summed E-state index contributed by atoms with van der Waals surface area (Å²) in [6.45, 7) is 2.13. The van der Waals surface area contributed by atoms with Gasteiger partial charge >= 0.3 is 0 Å². The van der Waals surface area contributed by atoms with Gasteiger partial charge in [-0.1, -0.05) is 36.4 Å². The monoisotopic (exact) mass is 392 g/mol. The maximum atomic E-state index is 12.6. The Morgan fingerprint density at radius 3 is 2.61 bits per heavy atom. The molecule has 0 aliphatic carbocycles. The Balaban J connectivity index is 1.70. The van der Waals surface area contributed by atoms with Crippen molar-refractivity contribution in [3.63, 3.8) is 0 Å². The summed E-state index contributed by atoms with van der Waals surface area (Å²) in [4.78, 5) is 13.6. The number of nitriles is 1. The fraction of sp³-hybridized carbons (Fsp3) is 0.182. The fourth-order valence-electron chi connectivity index (χ4n) is 2.73. The van der Waals surface area contributed by atoms with Crippen LogP contribution in [0.3, 0.4) is 0 Å². The predicted octanol–water partition coefficient (Wildman–Crippen LogP) is 4.30. The van der Waals surface area contributed by atoms with Gasteiger partial charge in [-0.25, -0.2) is 0 Å². The zero-order valence-electron chi connectivity index (χ0n) is 15.4. The molecule has 142 valence electrons. The molecule has 1 aromatic heterocycles. The summed E-state index contributed by atoms with van der Waals surface area (Å²) in [7, 11) is 0. The number of thiophene rings is 1. The molecule has 1 N–H and O–H groups in total. The van der Waals surface area contributed by atoms with E-state index in [-0.39, 0.29) is 18.6 Å². The first-order valence-electron chi connectivity index (χ1n) is 8.88. The molecule has 0 aliphatic rings. The van der Waals surface area contributed by atoms with Crippen LogP contribution >= 0.6 is 11.3 Å². The first-order valence-corrected chi connectivity index (χ1v) is 9.76. The van der Waals surface area contributed by atoms with Crippen LogP contribution in [0.5, 0.6) is 11.5 Å². The molecule has 0 spiro atoms. The van der Waals surface area contributed by atoms with Gasteiger partial charge in [-0.2, -0.15) is 5.26 Å². The average Bonchev–Trinajstić information content (AvgIpc) is 3.26. The third kappa shape index (κ3) is 4.90. The van der Waals surface area contributed by atoms with Crippen molar-refractivity contribution < 1.29 is 14.3 Å². The van der Waals surface area contributed by atoms with Crippen LogP contribution in [0.15, 0.2) is 66.0 Å². The van der Waals surface area contributed by atoms with Crippen LogP contribution in [0.2, 0.25) is 0 Å². The number of hydrogen-bond acceptors (Lipinski definition) is 5. The van der Waals surface area contributed by atoms with Gasteiger partial charge in [0.2, 0.25) is 0 Å². The van der Waals surface area contributed by atoms with E-state index < -0.39 is 0 Å². The molecular weight excluding hydrogens is 372 g/mol. The molecule has 0 saturated carbocycles. The molecule has 0 unspecified atom stereocenters. The molecule has 0 radical (unpaired) electrons. The highest BCUT2D eigenvalue weighted by Gasteiger charge is 2.18. The lowest BCUT2D eigenvalue weighted by atomic mass is 10.1. The van der Waals surface area contributed by atoms with E-state index in [4.69, 9.17) is 14.7 Å². The smallest absolute Gasteiger partial charge is 0.258 e. The van der Waals surface area contributed by atoms with Crippen molar-refractivity contribution in [2.24, 2.45) is 0 Å². The number of carbonyl (C=O) groups is 1. The van der Waals surface area contributed by atoms with E-state index in [2.05, 4.69) is 11.4 Å². The highest BCUT2D eigenvalue weighted by Crippen LogP contribution is 2.29. The SMILES string of the molecule is CCOc1cc(C#N)ccc1OCC(=O)N[C@@H](c1ccccc1)c1cccs1. The molecule has 1 atom stereocenters. The molecular formula is C22H20N2O3S.